The molecule has 141 valence electrons. The number of fused-ring (bicyclic) bond motifs is 3. The number of amides is 1. The summed E-state index contributed by atoms with van der Waals surface area (Å²) in [6.07, 6.45) is 4.35. The van der Waals surface area contributed by atoms with E-state index in [1.54, 1.807) is 12.3 Å². The lowest BCUT2D eigenvalue weighted by Gasteiger charge is -2.09. The standard InChI is InChI=1S/C22H20N3O3/c1-2-27-19-10-9-15(14-24-19)11-13-28-18-8-5-7-16-20(18)21(22(23)26)17-6-3-4-12-25(16)17/h3-4,6-10,12,14H,2,11,13H2,1H3,(H2,23,26). The fourth-order valence-electron chi connectivity index (χ4n) is 3.33. The van der Waals surface area contributed by atoms with Gasteiger partial charge in [-0.2, -0.15) is 0 Å². The molecule has 6 heteroatoms. The number of carbonyl (C=O) groups excluding carboxylic acids is 1. The van der Waals surface area contributed by atoms with Crippen LogP contribution in [0.15, 0.2) is 54.9 Å². The van der Waals surface area contributed by atoms with Crippen molar-refractivity contribution in [1.82, 2.24) is 9.38 Å². The number of hydrogen-bond acceptors (Lipinski definition) is 4. The molecular weight excluding hydrogens is 354 g/mol. The van der Waals surface area contributed by atoms with Gasteiger partial charge in [0.05, 0.1) is 35.2 Å². The third-order valence-corrected chi connectivity index (χ3v) is 4.55. The van der Waals surface area contributed by atoms with Crippen LogP contribution in [0.3, 0.4) is 0 Å². The molecule has 6 nitrogen and oxygen atoms in total. The van der Waals surface area contributed by atoms with Gasteiger partial charge in [-0.05, 0) is 42.8 Å². The first-order valence-electron chi connectivity index (χ1n) is 9.12. The van der Waals surface area contributed by atoms with Gasteiger partial charge in [-0.3, -0.25) is 4.79 Å². The zero-order chi connectivity index (χ0) is 19.5. The van der Waals surface area contributed by atoms with E-state index in [1.165, 1.54) is 0 Å². The molecule has 2 N–H and O–H groups in total. The topological polar surface area (TPSA) is 78.9 Å². The van der Waals surface area contributed by atoms with E-state index in [-0.39, 0.29) is 0 Å². The van der Waals surface area contributed by atoms with Crippen LogP contribution in [-0.4, -0.2) is 28.5 Å². The quantitative estimate of drug-likeness (QED) is 0.538. The van der Waals surface area contributed by atoms with Crippen LogP contribution in [0, 0.1) is 6.07 Å². The molecule has 0 bridgehead atoms. The van der Waals surface area contributed by atoms with Crippen LogP contribution in [0.5, 0.6) is 11.6 Å². The summed E-state index contributed by atoms with van der Waals surface area (Å²) in [4.78, 5) is 16.4. The Morgan fingerprint density at radius 1 is 1.18 bits per heavy atom. The molecule has 3 aromatic heterocycles. The van der Waals surface area contributed by atoms with E-state index in [0.29, 0.717) is 42.2 Å². The van der Waals surface area contributed by atoms with Crippen LogP contribution in [0.2, 0.25) is 0 Å². The zero-order valence-corrected chi connectivity index (χ0v) is 15.5. The number of nitrogens with zero attached hydrogens (tertiary/aromatic N) is 2. The summed E-state index contributed by atoms with van der Waals surface area (Å²) < 4.78 is 13.3. The predicted molar refractivity (Wildman–Crippen MR) is 107 cm³/mol. The lowest BCUT2D eigenvalue weighted by molar-refractivity contribution is 0.100. The van der Waals surface area contributed by atoms with Crippen molar-refractivity contribution < 1.29 is 14.3 Å². The van der Waals surface area contributed by atoms with E-state index in [4.69, 9.17) is 15.2 Å². The van der Waals surface area contributed by atoms with Crippen molar-refractivity contribution in [2.45, 2.75) is 13.3 Å². The van der Waals surface area contributed by atoms with Gasteiger partial charge in [-0.25, -0.2) is 4.98 Å². The lowest BCUT2D eigenvalue weighted by atomic mass is 10.1. The molecule has 0 aliphatic rings. The molecule has 0 fully saturated rings. The van der Waals surface area contributed by atoms with Crippen LogP contribution >= 0.6 is 0 Å². The van der Waals surface area contributed by atoms with Gasteiger partial charge in [0.15, 0.2) is 0 Å². The maximum Gasteiger partial charge on any atom is 0.251 e. The number of pyridine rings is 2. The summed E-state index contributed by atoms with van der Waals surface area (Å²) in [6.45, 7) is 2.95. The zero-order valence-electron chi connectivity index (χ0n) is 15.5. The highest BCUT2D eigenvalue weighted by Crippen LogP contribution is 2.33. The largest absolute Gasteiger partial charge is 0.492 e. The summed E-state index contributed by atoms with van der Waals surface area (Å²) in [5.41, 5.74) is 8.77. The SMILES string of the molecule is CCOc1ccc(CCOc2c[c]cc3c2c(C(N)=O)c2ccccn23)cn1. The molecule has 0 unspecified atom stereocenters. The first-order valence-corrected chi connectivity index (χ1v) is 9.12. The van der Waals surface area contributed by atoms with Gasteiger partial charge in [0.25, 0.3) is 5.91 Å². The summed E-state index contributed by atoms with van der Waals surface area (Å²) in [5.74, 6) is 0.720. The van der Waals surface area contributed by atoms with Crippen molar-refractivity contribution in [1.29, 1.82) is 0 Å². The van der Waals surface area contributed by atoms with E-state index in [9.17, 15) is 4.79 Å². The summed E-state index contributed by atoms with van der Waals surface area (Å²) in [5, 5.41) is 0.710. The molecule has 1 aromatic carbocycles. The lowest BCUT2D eigenvalue weighted by Crippen LogP contribution is -2.11. The van der Waals surface area contributed by atoms with Gasteiger partial charge >= 0.3 is 0 Å². The van der Waals surface area contributed by atoms with Crippen LogP contribution in [0.4, 0.5) is 0 Å². The first kappa shape index (κ1) is 17.9. The van der Waals surface area contributed by atoms with Crippen LogP contribution in [-0.2, 0) is 6.42 Å². The minimum atomic E-state index is -0.481. The molecule has 1 amide bonds. The number of carbonyl (C=O) groups is 1. The van der Waals surface area contributed by atoms with Crippen molar-refractivity contribution in [3.05, 3.63) is 72.1 Å². The summed E-state index contributed by atoms with van der Waals surface area (Å²) in [7, 11) is 0. The number of rotatable bonds is 7. The Kier molecular flexibility index (Phi) is 4.85. The number of aromatic nitrogens is 2. The highest BCUT2D eigenvalue weighted by atomic mass is 16.5. The Morgan fingerprint density at radius 3 is 2.82 bits per heavy atom. The van der Waals surface area contributed by atoms with Gasteiger partial charge < -0.3 is 19.6 Å². The fourth-order valence-corrected chi connectivity index (χ4v) is 3.33. The maximum atomic E-state index is 12.1. The number of benzene rings is 1. The number of primary amides is 1. The minimum absolute atomic E-state index is 0.438. The van der Waals surface area contributed by atoms with Gasteiger partial charge in [0.1, 0.15) is 5.75 Å². The molecule has 28 heavy (non-hydrogen) atoms. The second-order valence-electron chi connectivity index (χ2n) is 6.31. The normalized spacial score (nSPS) is 11.0. The molecule has 1 radical (unpaired) electrons. The molecule has 3 heterocycles. The van der Waals surface area contributed by atoms with E-state index in [1.807, 2.05) is 53.9 Å². The molecule has 0 aliphatic carbocycles. The van der Waals surface area contributed by atoms with Crippen molar-refractivity contribution in [2.75, 3.05) is 13.2 Å². The Hall–Kier alpha value is -3.54. The molecule has 0 saturated carbocycles. The van der Waals surface area contributed by atoms with Gasteiger partial charge in [0, 0.05) is 24.9 Å². The fraction of sp³-hybridized carbons (Fsp3) is 0.182. The number of hydrogen-bond donors (Lipinski definition) is 1. The first-order chi connectivity index (χ1) is 13.7. The Morgan fingerprint density at radius 2 is 2.07 bits per heavy atom. The Bertz CT molecular complexity index is 1130. The van der Waals surface area contributed by atoms with E-state index in [2.05, 4.69) is 11.1 Å². The predicted octanol–water partition coefficient (Wildman–Crippen LogP) is 3.41. The maximum absolute atomic E-state index is 12.1. The van der Waals surface area contributed by atoms with E-state index < -0.39 is 5.91 Å². The molecule has 4 rings (SSSR count). The highest BCUT2D eigenvalue weighted by Gasteiger charge is 2.19. The van der Waals surface area contributed by atoms with Gasteiger partial charge in [0.2, 0.25) is 5.88 Å². The average molecular weight is 374 g/mol. The Balaban J connectivity index is 1.61. The summed E-state index contributed by atoms with van der Waals surface area (Å²) in [6, 6.07) is 16.1. The van der Waals surface area contributed by atoms with Crippen LogP contribution in [0.1, 0.15) is 22.8 Å². The monoisotopic (exact) mass is 374 g/mol. The average Bonchev–Trinajstić information content (AvgIpc) is 3.05. The molecule has 4 aromatic rings. The molecule has 0 aliphatic heterocycles. The highest BCUT2D eigenvalue weighted by molar-refractivity contribution is 6.15. The number of ether oxygens (including phenoxy) is 2. The van der Waals surface area contributed by atoms with Crippen molar-refractivity contribution in [3.8, 4) is 11.6 Å². The van der Waals surface area contributed by atoms with E-state index in [0.717, 1.165) is 16.6 Å². The Labute approximate surface area is 162 Å². The molecular formula is C22H20N3O3. The van der Waals surface area contributed by atoms with Crippen molar-refractivity contribution in [3.63, 3.8) is 0 Å². The second kappa shape index (κ2) is 7.60. The smallest absolute Gasteiger partial charge is 0.251 e. The number of nitrogens with two attached hydrogens (primary N) is 1. The molecule has 0 atom stereocenters. The van der Waals surface area contributed by atoms with Gasteiger partial charge in [-0.15, -0.1) is 0 Å². The van der Waals surface area contributed by atoms with Crippen molar-refractivity contribution >= 4 is 22.3 Å². The molecule has 0 spiro atoms. The third kappa shape index (κ3) is 3.24. The van der Waals surface area contributed by atoms with E-state index >= 15 is 0 Å². The van der Waals surface area contributed by atoms with Crippen LogP contribution in [0.25, 0.3) is 16.4 Å². The van der Waals surface area contributed by atoms with Crippen LogP contribution < -0.4 is 15.2 Å². The van der Waals surface area contributed by atoms with Gasteiger partial charge in [-0.1, -0.05) is 12.1 Å². The summed E-state index contributed by atoms with van der Waals surface area (Å²) >= 11 is 0. The second-order valence-corrected chi connectivity index (χ2v) is 6.31. The van der Waals surface area contributed by atoms with Crippen molar-refractivity contribution in [2.24, 2.45) is 5.73 Å². The molecule has 0 saturated heterocycles. The minimum Gasteiger partial charge on any atom is -0.492 e. The third-order valence-electron chi connectivity index (χ3n) is 4.55.